The Labute approximate surface area is 100 Å². The lowest BCUT2D eigenvalue weighted by Gasteiger charge is -2.37. The molecule has 0 aliphatic heterocycles. The quantitative estimate of drug-likeness (QED) is 0.708. The predicted molar refractivity (Wildman–Crippen MR) is 60.3 cm³/mol. The van der Waals surface area contributed by atoms with Crippen molar-refractivity contribution in [2.24, 2.45) is 11.8 Å². The van der Waals surface area contributed by atoms with Gasteiger partial charge in [-0.05, 0) is 32.1 Å². The molecule has 5 nitrogen and oxygen atoms in total. The fraction of sp³-hybridized carbons (Fsp3) is 0.833. The van der Waals surface area contributed by atoms with Crippen molar-refractivity contribution in [3.05, 3.63) is 0 Å². The van der Waals surface area contributed by atoms with Crippen LogP contribution < -0.4 is 0 Å². The average Bonchev–Trinajstić information content (AvgIpc) is 3.00. The van der Waals surface area contributed by atoms with Crippen molar-refractivity contribution in [1.29, 1.82) is 0 Å². The molecule has 2 aliphatic carbocycles. The average molecular weight is 241 g/mol. The highest BCUT2D eigenvalue weighted by Crippen LogP contribution is 2.41. The molecule has 0 heterocycles. The van der Waals surface area contributed by atoms with Gasteiger partial charge in [0.1, 0.15) is 0 Å². The number of aliphatic hydroxyl groups excluding tert-OH is 1. The fourth-order valence-corrected chi connectivity index (χ4v) is 2.37. The number of rotatable bonds is 6. The van der Waals surface area contributed by atoms with E-state index in [0.717, 1.165) is 19.3 Å². The molecule has 2 saturated carbocycles. The van der Waals surface area contributed by atoms with E-state index >= 15 is 0 Å². The van der Waals surface area contributed by atoms with Gasteiger partial charge >= 0.3 is 5.97 Å². The third-order valence-electron chi connectivity index (χ3n) is 3.78. The monoisotopic (exact) mass is 241 g/mol. The molecule has 0 aromatic heterocycles. The minimum atomic E-state index is -0.862. The summed E-state index contributed by atoms with van der Waals surface area (Å²) in [5, 5.41) is 17.7. The lowest BCUT2D eigenvalue weighted by Crippen LogP contribution is -2.46. The second-order valence-electron chi connectivity index (χ2n) is 4.98. The van der Waals surface area contributed by atoms with Crippen LogP contribution in [0.1, 0.15) is 32.1 Å². The Bertz CT molecular complexity index is 314. The molecule has 2 fully saturated rings. The Morgan fingerprint density at radius 1 is 1.24 bits per heavy atom. The van der Waals surface area contributed by atoms with Gasteiger partial charge in [-0.2, -0.15) is 0 Å². The third kappa shape index (κ3) is 2.60. The SMILES string of the molecule is O=C(O)C1CC1C(=O)N(CCCO)C1CCC1. The first-order valence-corrected chi connectivity index (χ1v) is 6.29. The summed E-state index contributed by atoms with van der Waals surface area (Å²) in [7, 11) is 0. The van der Waals surface area contributed by atoms with E-state index in [1.54, 1.807) is 4.90 Å². The van der Waals surface area contributed by atoms with Crippen LogP contribution in [-0.4, -0.2) is 46.2 Å². The van der Waals surface area contributed by atoms with E-state index in [-0.39, 0.29) is 24.5 Å². The lowest BCUT2D eigenvalue weighted by molar-refractivity contribution is -0.143. The van der Waals surface area contributed by atoms with Gasteiger partial charge < -0.3 is 15.1 Å². The molecule has 2 N–H and O–H groups in total. The minimum absolute atomic E-state index is 0.0180. The zero-order valence-corrected chi connectivity index (χ0v) is 9.84. The number of carbonyl (C=O) groups is 2. The van der Waals surface area contributed by atoms with Crippen molar-refractivity contribution < 1.29 is 19.8 Å². The number of nitrogens with zero attached hydrogens (tertiary/aromatic N) is 1. The lowest BCUT2D eigenvalue weighted by atomic mass is 9.91. The molecule has 0 aromatic rings. The molecule has 0 bridgehead atoms. The summed E-state index contributed by atoms with van der Waals surface area (Å²) in [6.45, 7) is 0.631. The number of carboxylic acids is 1. The van der Waals surface area contributed by atoms with Gasteiger partial charge in [-0.3, -0.25) is 9.59 Å². The second-order valence-corrected chi connectivity index (χ2v) is 4.98. The van der Waals surface area contributed by atoms with Crippen LogP contribution in [0, 0.1) is 11.8 Å². The number of aliphatic carboxylic acids is 1. The van der Waals surface area contributed by atoms with Crippen molar-refractivity contribution in [2.75, 3.05) is 13.2 Å². The van der Waals surface area contributed by atoms with Gasteiger partial charge in [0, 0.05) is 19.2 Å². The number of amides is 1. The van der Waals surface area contributed by atoms with Gasteiger partial charge in [-0.25, -0.2) is 0 Å². The van der Waals surface area contributed by atoms with Gasteiger partial charge in [0.05, 0.1) is 11.8 Å². The van der Waals surface area contributed by atoms with E-state index in [0.29, 0.717) is 19.4 Å². The number of hydrogen-bond donors (Lipinski definition) is 2. The molecule has 2 atom stereocenters. The first-order chi connectivity index (χ1) is 8.15. The van der Waals surface area contributed by atoms with Crippen LogP contribution in [-0.2, 0) is 9.59 Å². The molecule has 5 heteroatoms. The van der Waals surface area contributed by atoms with Crippen molar-refractivity contribution >= 4 is 11.9 Å². The molecule has 0 radical (unpaired) electrons. The van der Waals surface area contributed by atoms with Crippen molar-refractivity contribution in [3.8, 4) is 0 Å². The van der Waals surface area contributed by atoms with Crippen LogP contribution in [0.4, 0.5) is 0 Å². The summed E-state index contributed by atoms with van der Waals surface area (Å²) in [4.78, 5) is 24.7. The molecule has 2 rings (SSSR count). The van der Waals surface area contributed by atoms with Crippen LogP contribution in [0.15, 0.2) is 0 Å². The van der Waals surface area contributed by atoms with E-state index in [1.807, 2.05) is 0 Å². The normalized spacial score (nSPS) is 27.4. The molecule has 2 aliphatic rings. The van der Waals surface area contributed by atoms with Gasteiger partial charge in [-0.1, -0.05) is 0 Å². The first-order valence-electron chi connectivity index (χ1n) is 6.29. The molecular formula is C12H19NO4. The number of carbonyl (C=O) groups excluding carboxylic acids is 1. The van der Waals surface area contributed by atoms with E-state index in [2.05, 4.69) is 0 Å². The highest BCUT2D eigenvalue weighted by molar-refractivity contribution is 5.89. The van der Waals surface area contributed by atoms with Crippen LogP contribution >= 0.6 is 0 Å². The van der Waals surface area contributed by atoms with E-state index in [1.165, 1.54) is 0 Å². The second kappa shape index (κ2) is 5.04. The topological polar surface area (TPSA) is 77.8 Å². The standard InChI is InChI=1S/C12H19NO4/c14-6-2-5-13(8-3-1-4-8)11(15)9-7-10(9)12(16)17/h8-10,14H,1-7H2,(H,16,17). The van der Waals surface area contributed by atoms with Crippen LogP contribution in [0.5, 0.6) is 0 Å². The molecule has 0 spiro atoms. The Balaban J connectivity index is 1.91. The largest absolute Gasteiger partial charge is 0.481 e. The van der Waals surface area contributed by atoms with Crippen molar-refractivity contribution in [3.63, 3.8) is 0 Å². The van der Waals surface area contributed by atoms with Gasteiger partial charge in [-0.15, -0.1) is 0 Å². The van der Waals surface area contributed by atoms with Crippen molar-refractivity contribution in [2.45, 2.75) is 38.1 Å². The maximum atomic E-state index is 12.1. The smallest absolute Gasteiger partial charge is 0.307 e. The van der Waals surface area contributed by atoms with Gasteiger partial charge in [0.15, 0.2) is 0 Å². The van der Waals surface area contributed by atoms with Crippen LogP contribution in [0.3, 0.4) is 0 Å². The molecular weight excluding hydrogens is 222 g/mol. The van der Waals surface area contributed by atoms with Crippen molar-refractivity contribution in [1.82, 2.24) is 4.90 Å². The Kier molecular flexibility index (Phi) is 3.66. The summed E-state index contributed by atoms with van der Waals surface area (Å²) in [6.07, 6.45) is 4.23. The minimum Gasteiger partial charge on any atom is -0.481 e. The summed E-state index contributed by atoms with van der Waals surface area (Å²) in [6, 6.07) is 0.282. The maximum Gasteiger partial charge on any atom is 0.307 e. The van der Waals surface area contributed by atoms with Gasteiger partial charge in [0.2, 0.25) is 5.91 Å². The van der Waals surface area contributed by atoms with E-state index in [4.69, 9.17) is 10.2 Å². The molecule has 0 aromatic carbocycles. The van der Waals surface area contributed by atoms with Crippen LogP contribution in [0.2, 0.25) is 0 Å². The molecule has 96 valence electrons. The molecule has 17 heavy (non-hydrogen) atoms. The highest BCUT2D eigenvalue weighted by atomic mass is 16.4. The van der Waals surface area contributed by atoms with Gasteiger partial charge in [0.25, 0.3) is 0 Å². The summed E-state index contributed by atoms with van der Waals surface area (Å²) < 4.78 is 0. The Hall–Kier alpha value is -1.10. The van der Waals surface area contributed by atoms with Crippen LogP contribution in [0.25, 0.3) is 0 Å². The molecule has 0 saturated heterocycles. The van der Waals surface area contributed by atoms with E-state index in [9.17, 15) is 9.59 Å². The highest BCUT2D eigenvalue weighted by Gasteiger charge is 2.50. The predicted octanol–water partition coefficient (Wildman–Crippen LogP) is 0.471. The Morgan fingerprint density at radius 2 is 1.94 bits per heavy atom. The Morgan fingerprint density at radius 3 is 2.35 bits per heavy atom. The summed E-state index contributed by atoms with van der Waals surface area (Å²) in [5.41, 5.74) is 0. The summed E-state index contributed by atoms with van der Waals surface area (Å²) >= 11 is 0. The first kappa shape index (κ1) is 12.4. The fourth-order valence-electron chi connectivity index (χ4n) is 2.37. The van der Waals surface area contributed by atoms with E-state index < -0.39 is 11.9 Å². The number of aliphatic hydroxyl groups is 1. The molecule has 2 unspecified atom stereocenters. The molecule has 1 amide bonds. The number of carboxylic acid groups (broad SMARTS) is 1. The zero-order chi connectivity index (χ0) is 12.4. The third-order valence-corrected chi connectivity index (χ3v) is 3.78. The maximum absolute atomic E-state index is 12.1. The summed E-state index contributed by atoms with van der Waals surface area (Å²) in [5.74, 6) is -1.67. The zero-order valence-electron chi connectivity index (χ0n) is 9.84. The number of hydrogen-bond acceptors (Lipinski definition) is 3.